The average molecular weight is 351 g/mol. The SMILES string of the molecule is C[C@H]1CN(C(=O)/C=C/c2ccc(OCc3ccccc3)cc2)[C@@H](C)CO1. The first-order valence-corrected chi connectivity index (χ1v) is 8.99. The molecule has 2 aromatic rings. The van der Waals surface area contributed by atoms with Gasteiger partial charge in [0, 0.05) is 12.6 Å². The van der Waals surface area contributed by atoms with E-state index >= 15 is 0 Å². The number of carbonyl (C=O) groups is 1. The van der Waals surface area contributed by atoms with Gasteiger partial charge in [0.2, 0.25) is 5.91 Å². The van der Waals surface area contributed by atoms with Gasteiger partial charge < -0.3 is 14.4 Å². The van der Waals surface area contributed by atoms with Gasteiger partial charge in [0.25, 0.3) is 0 Å². The molecule has 1 amide bonds. The van der Waals surface area contributed by atoms with Crippen molar-refractivity contribution in [1.82, 2.24) is 4.90 Å². The number of hydrogen-bond donors (Lipinski definition) is 0. The van der Waals surface area contributed by atoms with Crippen LogP contribution in [0.4, 0.5) is 0 Å². The minimum atomic E-state index is 0.0251. The van der Waals surface area contributed by atoms with Crippen LogP contribution in [0, 0.1) is 0 Å². The number of carbonyl (C=O) groups excluding carboxylic acids is 1. The molecule has 0 aromatic heterocycles. The van der Waals surface area contributed by atoms with Crippen molar-refractivity contribution in [2.24, 2.45) is 0 Å². The van der Waals surface area contributed by atoms with Crippen LogP contribution in [-0.4, -0.2) is 36.1 Å². The van der Waals surface area contributed by atoms with E-state index in [2.05, 4.69) is 0 Å². The van der Waals surface area contributed by atoms with Crippen LogP contribution < -0.4 is 4.74 Å². The van der Waals surface area contributed by atoms with Crippen LogP contribution in [-0.2, 0) is 16.1 Å². The number of nitrogens with zero attached hydrogens (tertiary/aromatic N) is 1. The molecule has 136 valence electrons. The van der Waals surface area contributed by atoms with E-state index in [1.807, 2.05) is 79.4 Å². The smallest absolute Gasteiger partial charge is 0.246 e. The van der Waals surface area contributed by atoms with Gasteiger partial charge in [-0.2, -0.15) is 0 Å². The normalized spacial score (nSPS) is 20.3. The molecule has 1 fully saturated rings. The zero-order chi connectivity index (χ0) is 18.4. The van der Waals surface area contributed by atoms with Crippen molar-refractivity contribution in [3.63, 3.8) is 0 Å². The molecule has 4 heteroatoms. The first-order chi connectivity index (χ1) is 12.6. The Balaban J connectivity index is 1.55. The van der Waals surface area contributed by atoms with Gasteiger partial charge in [-0.25, -0.2) is 0 Å². The van der Waals surface area contributed by atoms with Gasteiger partial charge in [-0.3, -0.25) is 4.79 Å². The third kappa shape index (κ3) is 4.96. The van der Waals surface area contributed by atoms with Crippen LogP contribution in [0.15, 0.2) is 60.7 Å². The molecular formula is C22H25NO3. The van der Waals surface area contributed by atoms with E-state index in [1.54, 1.807) is 6.08 Å². The van der Waals surface area contributed by atoms with Crippen LogP contribution >= 0.6 is 0 Å². The molecular weight excluding hydrogens is 326 g/mol. The van der Waals surface area contributed by atoms with E-state index in [4.69, 9.17) is 9.47 Å². The van der Waals surface area contributed by atoms with Crippen LogP contribution in [0.3, 0.4) is 0 Å². The van der Waals surface area contributed by atoms with Crippen LogP contribution in [0.5, 0.6) is 5.75 Å². The Bertz CT molecular complexity index is 740. The van der Waals surface area contributed by atoms with Gasteiger partial charge in [0.05, 0.1) is 18.8 Å². The minimum absolute atomic E-state index is 0.0251. The Kier molecular flexibility index (Phi) is 6.08. The molecule has 0 radical (unpaired) electrons. The maximum atomic E-state index is 12.4. The van der Waals surface area contributed by atoms with E-state index in [-0.39, 0.29) is 18.1 Å². The van der Waals surface area contributed by atoms with Gasteiger partial charge in [0.1, 0.15) is 12.4 Å². The molecule has 1 aliphatic heterocycles. The molecule has 0 saturated carbocycles. The highest BCUT2D eigenvalue weighted by molar-refractivity contribution is 5.92. The van der Waals surface area contributed by atoms with Gasteiger partial charge in [-0.1, -0.05) is 42.5 Å². The second kappa shape index (κ2) is 8.68. The lowest BCUT2D eigenvalue weighted by Gasteiger charge is -2.36. The number of benzene rings is 2. The minimum Gasteiger partial charge on any atom is -0.489 e. The Hall–Kier alpha value is -2.59. The standard InChI is InChI=1S/C22H25NO3/c1-17-15-25-18(2)14-23(17)22(24)13-10-19-8-11-21(12-9-19)26-16-20-6-4-3-5-7-20/h3-13,17-18H,14-16H2,1-2H3/b13-10+/t17-,18-/m0/s1. The summed E-state index contributed by atoms with van der Waals surface area (Å²) in [5.74, 6) is 0.838. The molecule has 0 bridgehead atoms. The maximum absolute atomic E-state index is 12.4. The summed E-state index contributed by atoms with van der Waals surface area (Å²) < 4.78 is 11.3. The predicted molar refractivity (Wildman–Crippen MR) is 103 cm³/mol. The summed E-state index contributed by atoms with van der Waals surface area (Å²) in [4.78, 5) is 14.3. The number of ether oxygens (including phenoxy) is 2. The van der Waals surface area contributed by atoms with E-state index in [0.717, 1.165) is 16.9 Å². The average Bonchev–Trinajstić information content (AvgIpc) is 2.68. The van der Waals surface area contributed by atoms with E-state index < -0.39 is 0 Å². The first kappa shape index (κ1) is 18.2. The van der Waals surface area contributed by atoms with Crippen molar-refractivity contribution in [2.45, 2.75) is 32.6 Å². The van der Waals surface area contributed by atoms with Crippen LogP contribution in [0.2, 0.25) is 0 Å². The Morgan fingerprint density at radius 1 is 1.15 bits per heavy atom. The predicted octanol–water partition coefficient (Wildman–Crippen LogP) is 3.91. The Morgan fingerprint density at radius 2 is 1.88 bits per heavy atom. The lowest BCUT2D eigenvalue weighted by molar-refractivity contribution is -0.137. The number of amides is 1. The van der Waals surface area contributed by atoms with Crippen molar-refractivity contribution in [3.05, 3.63) is 71.8 Å². The summed E-state index contributed by atoms with van der Waals surface area (Å²) in [7, 11) is 0. The van der Waals surface area contributed by atoms with Gasteiger partial charge in [0.15, 0.2) is 0 Å². The third-order valence-electron chi connectivity index (χ3n) is 4.44. The van der Waals surface area contributed by atoms with Crippen molar-refractivity contribution >= 4 is 12.0 Å². The van der Waals surface area contributed by atoms with Crippen LogP contribution in [0.25, 0.3) is 6.08 Å². The first-order valence-electron chi connectivity index (χ1n) is 8.99. The highest BCUT2D eigenvalue weighted by atomic mass is 16.5. The highest BCUT2D eigenvalue weighted by Crippen LogP contribution is 2.16. The lowest BCUT2D eigenvalue weighted by Crippen LogP contribution is -2.49. The van der Waals surface area contributed by atoms with Gasteiger partial charge >= 0.3 is 0 Å². The fraction of sp³-hybridized carbons (Fsp3) is 0.318. The number of hydrogen-bond acceptors (Lipinski definition) is 3. The molecule has 1 saturated heterocycles. The van der Waals surface area contributed by atoms with Crippen molar-refractivity contribution < 1.29 is 14.3 Å². The fourth-order valence-corrected chi connectivity index (χ4v) is 2.89. The number of rotatable bonds is 5. The summed E-state index contributed by atoms with van der Waals surface area (Å²) in [6, 6.07) is 17.9. The molecule has 0 N–H and O–H groups in total. The molecule has 2 aromatic carbocycles. The maximum Gasteiger partial charge on any atom is 0.246 e. The zero-order valence-corrected chi connectivity index (χ0v) is 15.3. The molecule has 26 heavy (non-hydrogen) atoms. The van der Waals surface area contributed by atoms with Crippen molar-refractivity contribution in [2.75, 3.05) is 13.2 Å². The molecule has 2 atom stereocenters. The lowest BCUT2D eigenvalue weighted by atomic mass is 10.1. The summed E-state index contributed by atoms with van der Waals surface area (Å²) in [6.45, 7) is 5.77. The van der Waals surface area contributed by atoms with E-state index in [1.165, 1.54) is 0 Å². The summed E-state index contributed by atoms with van der Waals surface area (Å²) in [6.07, 6.45) is 3.56. The Morgan fingerprint density at radius 3 is 2.62 bits per heavy atom. The molecule has 1 heterocycles. The molecule has 3 rings (SSSR count). The molecule has 0 spiro atoms. The number of morpholine rings is 1. The second-order valence-electron chi connectivity index (χ2n) is 6.66. The quantitative estimate of drug-likeness (QED) is 0.767. The van der Waals surface area contributed by atoms with E-state index in [9.17, 15) is 4.79 Å². The van der Waals surface area contributed by atoms with Crippen molar-refractivity contribution in [3.8, 4) is 5.75 Å². The third-order valence-corrected chi connectivity index (χ3v) is 4.44. The highest BCUT2D eigenvalue weighted by Gasteiger charge is 2.25. The molecule has 0 aliphatic carbocycles. The topological polar surface area (TPSA) is 38.8 Å². The Labute approximate surface area is 155 Å². The summed E-state index contributed by atoms with van der Waals surface area (Å²) in [5.41, 5.74) is 2.11. The second-order valence-corrected chi connectivity index (χ2v) is 6.66. The monoisotopic (exact) mass is 351 g/mol. The molecule has 1 aliphatic rings. The summed E-state index contributed by atoms with van der Waals surface area (Å²) in [5, 5.41) is 0. The molecule has 4 nitrogen and oxygen atoms in total. The van der Waals surface area contributed by atoms with Gasteiger partial charge in [-0.15, -0.1) is 0 Å². The van der Waals surface area contributed by atoms with Crippen molar-refractivity contribution in [1.29, 1.82) is 0 Å². The van der Waals surface area contributed by atoms with Crippen LogP contribution in [0.1, 0.15) is 25.0 Å². The van der Waals surface area contributed by atoms with Gasteiger partial charge in [-0.05, 0) is 43.2 Å². The molecule has 0 unspecified atom stereocenters. The summed E-state index contributed by atoms with van der Waals surface area (Å²) >= 11 is 0. The zero-order valence-electron chi connectivity index (χ0n) is 15.3. The fourth-order valence-electron chi connectivity index (χ4n) is 2.89. The van der Waals surface area contributed by atoms with E-state index in [0.29, 0.717) is 19.8 Å². The largest absolute Gasteiger partial charge is 0.489 e.